The molecule has 1 aromatic carbocycles. The van der Waals surface area contributed by atoms with Crippen molar-refractivity contribution in [2.45, 2.75) is 71.4 Å². The molecule has 2 aliphatic rings. The van der Waals surface area contributed by atoms with E-state index < -0.39 is 0 Å². The minimum absolute atomic E-state index is 0.0175. The van der Waals surface area contributed by atoms with Crippen LogP contribution >= 0.6 is 0 Å². The minimum Gasteiger partial charge on any atom is -0.322 e. The lowest BCUT2D eigenvalue weighted by Crippen LogP contribution is -3.14. The quantitative estimate of drug-likeness (QED) is 0.679. The van der Waals surface area contributed by atoms with E-state index in [0.717, 1.165) is 53.8 Å². The second-order valence-electron chi connectivity index (χ2n) is 9.81. The summed E-state index contributed by atoms with van der Waals surface area (Å²) in [6, 6.07) is 6.57. The number of tetrazole rings is 1. The van der Waals surface area contributed by atoms with E-state index in [0.29, 0.717) is 12.0 Å². The fourth-order valence-electron chi connectivity index (χ4n) is 5.85. The Balaban J connectivity index is 1.67. The van der Waals surface area contributed by atoms with Crippen LogP contribution in [0.2, 0.25) is 0 Å². The van der Waals surface area contributed by atoms with Crippen LogP contribution in [0, 0.1) is 19.8 Å². The second-order valence-corrected chi connectivity index (χ2v) is 9.81. The van der Waals surface area contributed by atoms with Gasteiger partial charge in [-0.25, -0.2) is 4.68 Å². The van der Waals surface area contributed by atoms with Crippen molar-refractivity contribution in [3.63, 3.8) is 0 Å². The summed E-state index contributed by atoms with van der Waals surface area (Å²) in [6.45, 7) is 8.55. The zero-order valence-corrected chi connectivity index (χ0v) is 18.8. The number of pyridine rings is 1. The van der Waals surface area contributed by atoms with E-state index >= 15 is 0 Å². The lowest BCUT2D eigenvalue weighted by Gasteiger charge is -2.33. The summed E-state index contributed by atoms with van der Waals surface area (Å²) in [5, 5.41) is 14.1. The SMILES string of the molecule is Cc1cc(C)c2[nH]c(=O)c([C@@H](c3nnnn3C3CCCC3)[NH+]3CCC[C@H](C)C3)cc2c1. The van der Waals surface area contributed by atoms with Crippen molar-refractivity contribution in [1.82, 2.24) is 25.2 Å². The van der Waals surface area contributed by atoms with Gasteiger partial charge in [-0.05, 0) is 73.0 Å². The maximum Gasteiger partial charge on any atom is 0.258 e. The van der Waals surface area contributed by atoms with Gasteiger partial charge in [0.1, 0.15) is 0 Å². The fourth-order valence-corrected chi connectivity index (χ4v) is 5.85. The Bertz CT molecular complexity index is 1140. The van der Waals surface area contributed by atoms with Gasteiger partial charge in [0.15, 0.2) is 6.04 Å². The first kappa shape index (κ1) is 20.4. The zero-order chi connectivity index (χ0) is 21.5. The Hall–Kier alpha value is -2.54. The lowest BCUT2D eigenvalue weighted by atomic mass is 9.95. The predicted octanol–water partition coefficient (Wildman–Crippen LogP) is 2.65. The van der Waals surface area contributed by atoms with Crippen LogP contribution < -0.4 is 10.5 Å². The summed E-state index contributed by atoms with van der Waals surface area (Å²) in [7, 11) is 0. The normalized spacial score (nSPS) is 23.5. The Labute approximate surface area is 182 Å². The van der Waals surface area contributed by atoms with Crippen LogP contribution in [-0.2, 0) is 0 Å². The molecule has 0 spiro atoms. The number of fused-ring (bicyclic) bond motifs is 1. The molecule has 5 rings (SSSR count). The Morgan fingerprint density at radius 2 is 1.94 bits per heavy atom. The molecule has 7 nitrogen and oxygen atoms in total. The Morgan fingerprint density at radius 3 is 2.71 bits per heavy atom. The molecule has 3 atom stereocenters. The number of quaternary nitrogens is 1. The van der Waals surface area contributed by atoms with E-state index in [2.05, 4.69) is 59.5 Å². The Morgan fingerprint density at radius 1 is 1.13 bits per heavy atom. The lowest BCUT2D eigenvalue weighted by molar-refractivity contribution is -0.934. The molecule has 0 radical (unpaired) electrons. The fraction of sp³-hybridized carbons (Fsp3) is 0.583. The van der Waals surface area contributed by atoms with E-state index in [4.69, 9.17) is 0 Å². The minimum atomic E-state index is -0.146. The van der Waals surface area contributed by atoms with E-state index in [9.17, 15) is 4.79 Å². The molecule has 1 aliphatic carbocycles. The molecule has 3 aromatic rings. The van der Waals surface area contributed by atoms with Crippen LogP contribution in [0.1, 0.15) is 80.0 Å². The number of benzene rings is 1. The number of hydrogen-bond acceptors (Lipinski definition) is 4. The molecule has 0 bridgehead atoms. The number of rotatable bonds is 4. The van der Waals surface area contributed by atoms with Crippen molar-refractivity contribution in [2.24, 2.45) is 5.92 Å². The smallest absolute Gasteiger partial charge is 0.258 e. The van der Waals surface area contributed by atoms with Crippen LogP contribution in [-0.4, -0.2) is 38.3 Å². The first-order valence-corrected chi connectivity index (χ1v) is 11.8. The maximum absolute atomic E-state index is 13.4. The summed E-state index contributed by atoms with van der Waals surface area (Å²) in [5.41, 5.74) is 4.00. The topological polar surface area (TPSA) is 80.9 Å². The number of likely N-dealkylation sites (tertiary alicyclic amines) is 1. The van der Waals surface area contributed by atoms with E-state index in [1.165, 1.54) is 36.1 Å². The monoisotopic (exact) mass is 421 g/mol. The molecule has 1 saturated heterocycles. The number of hydrogen-bond donors (Lipinski definition) is 2. The van der Waals surface area contributed by atoms with Gasteiger partial charge in [-0.1, -0.05) is 31.4 Å². The summed E-state index contributed by atoms with van der Waals surface area (Å²) < 4.78 is 2.04. The van der Waals surface area contributed by atoms with Crippen LogP contribution in [0.15, 0.2) is 23.0 Å². The molecule has 1 unspecified atom stereocenters. The first-order valence-electron chi connectivity index (χ1n) is 11.8. The van der Waals surface area contributed by atoms with E-state index in [1.54, 1.807) is 0 Å². The third-order valence-corrected chi connectivity index (χ3v) is 7.29. The van der Waals surface area contributed by atoms with Crippen LogP contribution in [0.4, 0.5) is 0 Å². The Kier molecular flexibility index (Phi) is 5.38. The maximum atomic E-state index is 13.4. The zero-order valence-electron chi connectivity index (χ0n) is 18.8. The standard InChI is InChI=1S/C24H32N6O/c1-15-7-6-10-29(14-15)22(23-26-27-28-30(23)19-8-4-5-9-19)20-13-18-12-16(2)11-17(3)21(18)25-24(20)31/h11-13,15,19,22H,4-10,14H2,1-3H3,(H,25,31)/p+1/t15-,22-/m0/s1. The molecule has 164 valence electrons. The number of piperidine rings is 1. The van der Waals surface area contributed by atoms with Gasteiger partial charge in [0, 0.05) is 5.92 Å². The highest BCUT2D eigenvalue weighted by Crippen LogP contribution is 2.31. The molecular formula is C24H33N6O+. The largest absolute Gasteiger partial charge is 0.322 e. The molecule has 1 saturated carbocycles. The van der Waals surface area contributed by atoms with Crippen molar-refractivity contribution in [1.29, 1.82) is 0 Å². The van der Waals surface area contributed by atoms with Crippen LogP contribution in [0.25, 0.3) is 10.9 Å². The number of H-pyrrole nitrogens is 1. The van der Waals surface area contributed by atoms with Gasteiger partial charge in [-0.3, -0.25) is 4.79 Å². The third kappa shape index (κ3) is 3.80. The van der Waals surface area contributed by atoms with E-state index in [1.807, 2.05) is 4.68 Å². The third-order valence-electron chi connectivity index (χ3n) is 7.29. The van der Waals surface area contributed by atoms with Crippen molar-refractivity contribution in [3.05, 3.63) is 51.1 Å². The summed E-state index contributed by atoms with van der Waals surface area (Å²) >= 11 is 0. The molecule has 31 heavy (non-hydrogen) atoms. The van der Waals surface area contributed by atoms with Gasteiger partial charge in [0.25, 0.3) is 5.56 Å². The van der Waals surface area contributed by atoms with E-state index in [-0.39, 0.29) is 11.6 Å². The summed E-state index contributed by atoms with van der Waals surface area (Å²) in [5.74, 6) is 1.48. The van der Waals surface area contributed by atoms with Gasteiger partial charge in [-0.15, -0.1) is 5.10 Å². The number of nitrogens with one attached hydrogen (secondary N) is 2. The van der Waals surface area contributed by atoms with Crippen molar-refractivity contribution < 1.29 is 4.90 Å². The molecule has 2 N–H and O–H groups in total. The molecule has 7 heteroatoms. The van der Waals surface area contributed by atoms with Gasteiger partial charge in [0.05, 0.1) is 30.2 Å². The number of aromatic nitrogens is 5. The van der Waals surface area contributed by atoms with Crippen molar-refractivity contribution in [2.75, 3.05) is 13.1 Å². The van der Waals surface area contributed by atoms with Gasteiger partial charge in [-0.2, -0.15) is 0 Å². The van der Waals surface area contributed by atoms with Crippen LogP contribution in [0.3, 0.4) is 0 Å². The highest BCUT2D eigenvalue weighted by Gasteiger charge is 2.38. The van der Waals surface area contributed by atoms with Crippen molar-refractivity contribution >= 4 is 10.9 Å². The predicted molar refractivity (Wildman–Crippen MR) is 120 cm³/mol. The summed E-state index contributed by atoms with van der Waals surface area (Å²) in [4.78, 5) is 18.0. The number of aryl methyl sites for hydroxylation is 2. The van der Waals surface area contributed by atoms with Gasteiger partial charge >= 0.3 is 0 Å². The molecule has 3 heterocycles. The average Bonchev–Trinajstić information content (AvgIpc) is 3.41. The molecule has 2 fully saturated rings. The van der Waals surface area contributed by atoms with Gasteiger partial charge < -0.3 is 9.88 Å². The highest BCUT2D eigenvalue weighted by atomic mass is 16.1. The van der Waals surface area contributed by atoms with Crippen molar-refractivity contribution in [3.8, 4) is 0 Å². The number of aromatic amines is 1. The second kappa shape index (κ2) is 8.19. The summed E-state index contributed by atoms with van der Waals surface area (Å²) in [6.07, 6.45) is 7.08. The average molecular weight is 422 g/mol. The molecular weight excluding hydrogens is 388 g/mol. The molecule has 0 amide bonds. The number of nitrogens with zero attached hydrogens (tertiary/aromatic N) is 4. The molecule has 2 aromatic heterocycles. The van der Waals surface area contributed by atoms with Gasteiger partial charge in [0.2, 0.25) is 5.82 Å². The molecule has 1 aliphatic heterocycles. The van der Waals surface area contributed by atoms with Crippen LogP contribution in [0.5, 0.6) is 0 Å². The first-order chi connectivity index (χ1) is 15.0. The highest BCUT2D eigenvalue weighted by molar-refractivity contribution is 5.83.